The van der Waals surface area contributed by atoms with Crippen LogP contribution in [0.2, 0.25) is 5.02 Å². The van der Waals surface area contributed by atoms with Crippen molar-refractivity contribution in [1.29, 1.82) is 0 Å². The van der Waals surface area contributed by atoms with Crippen LogP contribution in [0.25, 0.3) is 10.8 Å². The molecule has 1 amide bonds. The largest absolute Gasteiger partial charge is 0.467 e. The summed E-state index contributed by atoms with van der Waals surface area (Å²) in [5.74, 6) is -0.398. The van der Waals surface area contributed by atoms with E-state index in [1.165, 1.54) is 13.2 Å². The Hall–Kier alpha value is -2.05. The van der Waals surface area contributed by atoms with Crippen LogP contribution in [-0.2, 0) is 4.79 Å². The van der Waals surface area contributed by atoms with Crippen molar-refractivity contribution in [3.05, 3.63) is 33.6 Å². The average molecular weight is 297 g/mol. The zero-order valence-corrected chi connectivity index (χ0v) is 11.7. The Bertz CT molecular complexity index is 724. The summed E-state index contributed by atoms with van der Waals surface area (Å²) < 4.78 is 9.81. The number of carbonyl (C=O) groups excluding carboxylic acids is 1. The van der Waals surface area contributed by atoms with E-state index < -0.39 is 11.7 Å². The van der Waals surface area contributed by atoms with Gasteiger partial charge in [0.1, 0.15) is 5.02 Å². The number of halogens is 1. The van der Waals surface area contributed by atoms with Gasteiger partial charge in [-0.05, 0) is 19.1 Å². The third-order valence-electron chi connectivity index (χ3n) is 2.71. The van der Waals surface area contributed by atoms with Crippen molar-refractivity contribution in [3.8, 4) is 5.95 Å². The maximum absolute atomic E-state index is 11.8. The second kappa shape index (κ2) is 5.52. The van der Waals surface area contributed by atoms with E-state index in [0.29, 0.717) is 11.1 Å². The summed E-state index contributed by atoms with van der Waals surface area (Å²) in [6.45, 7) is 1.56. The molecule has 2 rings (SSSR count). The predicted molar refractivity (Wildman–Crippen MR) is 76.3 cm³/mol. The van der Waals surface area contributed by atoms with Gasteiger partial charge in [0.15, 0.2) is 0 Å². The number of fused-ring (bicyclic) bond motifs is 1. The quantitative estimate of drug-likeness (QED) is 0.899. The Kier molecular flexibility index (Phi) is 3.96. The van der Waals surface area contributed by atoms with Gasteiger partial charge in [0.2, 0.25) is 5.91 Å². The molecule has 2 aromatic rings. The van der Waals surface area contributed by atoms with Gasteiger partial charge in [-0.3, -0.25) is 4.79 Å². The Morgan fingerprint density at radius 1 is 1.45 bits per heavy atom. The first kappa shape index (κ1) is 14.4. The molecule has 7 heteroatoms. The van der Waals surface area contributed by atoms with Gasteiger partial charge in [-0.2, -0.15) is 0 Å². The van der Waals surface area contributed by atoms with E-state index >= 15 is 0 Å². The molecular weight excluding hydrogens is 284 g/mol. The number of methoxy groups -OCH3 is 1. The first-order valence-corrected chi connectivity index (χ1v) is 6.18. The van der Waals surface area contributed by atoms with Gasteiger partial charge in [-0.1, -0.05) is 17.7 Å². The summed E-state index contributed by atoms with van der Waals surface area (Å²) in [6.07, 6.45) is 0. The van der Waals surface area contributed by atoms with Gasteiger partial charge in [0.25, 0.3) is 0 Å². The molecule has 0 aliphatic heterocycles. The minimum Gasteiger partial charge on any atom is -0.467 e. The van der Waals surface area contributed by atoms with Crippen LogP contribution in [0.3, 0.4) is 0 Å². The number of ether oxygens (including phenoxy) is 1. The van der Waals surface area contributed by atoms with E-state index in [9.17, 15) is 9.59 Å². The van der Waals surface area contributed by atoms with Crippen molar-refractivity contribution in [2.24, 2.45) is 5.73 Å². The highest BCUT2D eigenvalue weighted by Crippen LogP contribution is 2.31. The maximum atomic E-state index is 11.8. The minimum atomic E-state index is -0.651. The summed E-state index contributed by atoms with van der Waals surface area (Å²) in [7, 11) is 1.35. The molecular formula is C13H13ClN2O4. The van der Waals surface area contributed by atoms with E-state index in [0.717, 1.165) is 0 Å². The monoisotopic (exact) mass is 296 g/mol. The Labute approximate surface area is 119 Å². The first-order chi connectivity index (χ1) is 9.43. The molecule has 0 fully saturated rings. The zero-order valence-electron chi connectivity index (χ0n) is 10.9. The fourth-order valence-electron chi connectivity index (χ4n) is 1.66. The number of hydrogen-bond acceptors (Lipinski definition) is 5. The highest BCUT2D eigenvalue weighted by molar-refractivity contribution is 6.36. The zero-order chi connectivity index (χ0) is 14.9. The smallest absolute Gasteiger partial charge is 0.346 e. The normalized spacial score (nSPS) is 12.2. The lowest BCUT2D eigenvalue weighted by atomic mass is 10.1. The third kappa shape index (κ3) is 2.61. The molecule has 1 aromatic heterocycles. The van der Waals surface area contributed by atoms with Crippen molar-refractivity contribution in [3.63, 3.8) is 0 Å². The van der Waals surface area contributed by atoms with Crippen LogP contribution in [0.1, 0.15) is 6.92 Å². The molecule has 0 saturated carbocycles. The topological polar surface area (TPSA) is 94.6 Å². The molecule has 6 nitrogen and oxygen atoms in total. The SMILES string of the molecule is COc1oc(=O)c2cc(NC(=O)[C@H](C)N)ccc2c1Cl. The van der Waals surface area contributed by atoms with Gasteiger partial charge in [0.05, 0.1) is 18.5 Å². The summed E-state index contributed by atoms with van der Waals surface area (Å²) in [5, 5.41) is 3.52. The lowest BCUT2D eigenvalue weighted by molar-refractivity contribution is -0.117. The van der Waals surface area contributed by atoms with Gasteiger partial charge in [0, 0.05) is 11.1 Å². The lowest BCUT2D eigenvalue weighted by Gasteiger charge is -2.09. The van der Waals surface area contributed by atoms with Crippen molar-refractivity contribution in [2.45, 2.75) is 13.0 Å². The highest BCUT2D eigenvalue weighted by Gasteiger charge is 2.14. The molecule has 0 bridgehead atoms. The molecule has 0 spiro atoms. The molecule has 1 heterocycles. The number of rotatable bonds is 3. The van der Waals surface area contributed by atoms with Crippen LogP contribution in [0.15, 0.2) is 27.4 Å². The maximum Gasteiger partial charge on any atom is 0.346 e. The average Bonchev–Trinajstić information content (AvgIpc) is 2.42. The highest BCUT2D eigenvalue weighted by atomic mass is 35.5. The fourth-order valence-corrected chi connectivity index (χ4v) is 1.94. The van der Waals surface area contributed by atoms with Gasteiger partial charge >= 0.3 is 11.6 Å². The summed E-state index contributed by atoms with van der Waals surface area (Å²) in [6, 6.07) is 4.05. The third-order valence-corrected chi connectivity index (χ3v) is 3.06. The van der Waals surface area contributed by atoms with Crippen LogP contribution in [0.5, 0.6) is 5.95 Å². The predicted octanol–water partition coefficient (Wildman–Crippen LogP) is 1.74. The minimum absolute atomic E-state index is 0.0449. The van der Waals surface area contributed by atoms with Crippen molar-refractivity contribution >= 4 is 34.0 Å². The Morgan fingerprint density at radius 2 is 2.15 bits per heavy atom. The summed E-state index contributed by atoms with van der Waals surface area (Å²) in [5.41, 5.74) is 5.30. The molecule has 1 aromatic carbocycles. The van der Waals surface area contributed by atoms with E-state index in [1.807, 2.05) is 0 Å². The van der Waals surface area contributed by atoms with Crippen molar-refractivity contribution in [2.75, 3.05) is 12.4 Å². The van der Waals surface area contributed by atoms with Gasteiger partial charge < -0.3 is 20.2 Å². The first-order valence-electron chi connectivity index (χ1n) is 5.81. The second-order valence-electron chi connectivity index (χ2n) is 4.23. The van der Waals surface area contributed by atoms with E-state index in [4.69, 9.17) is 26.5 Å². The molecule has 3 N–H and O–H groups in total. The molecule has 1 atom stereocenters. The van der Waals surface area contributed by atoms with Crippen LogP contribution in [0, 0.1) is 0 Å². The van der Waals surface area contributed by atoms with E-state index in [1.54, 1.807) is 19.1 Å². The number of hydrogen-bond donors (Lipinski definition) is 2. The number of anilines is 1. The van der Waals surface area contributed by atoms with E-state index in [-0.39, 0.29) is 22.3 Å². The van der Waals surface area contributed by atoms with Crippen LogP contribution >= 0.6 is 11.6 Å². The van der Waals surface area contributed by atoms with E-state index in [2.05, 4.69) is 5.32 Å². The molecule has 20 heavy (non-hydrogen) atoms. The standard InChI is InChI=1S/C13H13ClN2O4/c1-6(15)11(17)16-7-3-4-8-9(5-7)12(18)20-13(19-2)10(8)14/h3-6H,15H2,1-2H3,(H,16,17)/t6-/m0/s1. The number of carbonyl (C=O) groups is 1. The summed E-state index contributed by atoms with van der Waals surface area (Å²) >= 11 is 6.06. The molecule has 106 valence electrons. The molecule has 0 saturated heterocycles. The number of amides is 1. The van der Waals surface area contributed by atoms with Crippen LogP contribution in [0.4, 0.5) is 5.69 Å². The second-order valence-corrected chi connectivity index (χ2v) is 4.61. The van der Waals surface area contributed by atoms with Crippen molar-refractivity contribution in [1.82, 2.24) is 0 Å². The molecule has 0 unspecified atom stereocenters. The lowest BCUT2D eigenvalue weighted by Crippen LogP contribution is -2.32. The fraction of sp³-hybridized carbons (Fsp3) is 0.231. The number of benzene rings is 1. The molecule has 0 aliphatic carbocycles. The van der Waals surface area contributed by atoms with Crippen molar-refractivity contribution < 1.29 is 13.9 Å². The molecule has 0 radical (unpaired) electrons. The van der Waals surface area contributed by atoms with Gasteiger partial charge in [-0.25, -0.2) is 4.79 Å². The van der Waals surface area contributed by atoms with Crippen LogP contribution in [-0.4, -0.2) is 19.1 Å². The van der Waals surface area contributed by atoms with Gasteiger partial charge in [-0.15, -0.1) is 0 Å². The molecule has 0 aliphatic rings. The summed E-state index contributed by atoms with van der Waals surface area (Å²) in [4.78, 5) is 23.4. The number of nitrogens with two attached hydrogens (primary N) is 1. The van der Waals surface area contributed by atoms with Crippen LogP contribution < -0.4 is 21.4 Å². The number of nitrogens with one attached hydrogen (secondary N) is 1. The Morgan fingerprint density at radius 3 is 2.75 bits per heavy atom. The Balaban J connectivity index is 2.53.